The molecule has 2 N–H and O–H groups in total. The molecule has 14 heavy (non-hydrogen) atoms. The lowest BCUT2D eigenvalue weighted by Crippen LogP contribution is -2.13. The van der Waals surface area contributed by atoms with Crippen molar-refractivity contribution in [3.8, 4) is 0 Å². The van der Waals surface area contributed by atoms with Crippen LogP contribution in [0.2, 0.25) is 5.02 Å². The molecule has 0 aliphatic rings. The highest BCUT2D eigenvalue weighted by Gasteiger charge is 2.15. The molecule has 1 aromatic carbocycles. The molecule has 1 rings (SSSR count). The molecule has 0 saturated carbocycles. The van der Waals surface area contributed by atoms with Crippen LogP contribution >= 0.6 is 11.6 Å². The summed E-state index contributed by atoms with van der Waals surface area (Å²) in [5.74, 6) is -1.30. The molecule has 1 unspecified atom stereocenters. The first kappa shape index (κ1) is 11.1. The van der Waals surface area contributed by atoms with Gasteiger partial charge in [0.05, 0.1) is 11.1 Å². The molecular formula is C10H10ClF2N. The fourth-order valence-corrected chi connectivity index (χ4v) is 1.19. The van der Waals surface area contributed by atoms with Gasteiger partial charge in [0.15, 0.2) is 0 Å². The van der Waals surface area contributed by atoms with Gasteiger partial charge in [-0.2, -0.15) is 0 Å². The standard InChI is InChI=1S/C10H10ClF2N/c1-5(2)10(14)6-3-9(13)7(11)4-8(6)12/h3-4,10H,1,14H2,2H3. The zero-order valence-corrected chi connectivity index (χ0v) is 8.41. The zero-order chi connectivity index (χ0) is 10.9. The van der Waals surface area contributed by atoms with Gasteiger partial charge >= 0.3 is 0 Å². The Morgan fingerprint density at radius 3 is 2.50 bits per heavy atom. The van der Waals surface area contributed by atoms with Crippen molar-refractivity contribution in [3.63, 3.8) is 0 Å². The Kier molecular flexibility index (Phi) is 3.24. The van der Waals surface area contributed by atoms with Crippen LogP contribution in [0.3, 0.4) is 0 Å². The molecule has 1 nitrogen and oxygen atoms in total. The highest BCUT2D eigenvalue weighted by atomic mass is 35.5. The Bertz CT molecular complexity index is 377. The van der Waals surface area contributed by atoms with Crippen molar-refractivity contribution in [2.45, 2.75) is 13.0 Å². The highest BCUT2D eigenvalue weighted by molar-refractivity contribution is 6.30. The van der Waals surface area contributed by atoms with Crippen molar-refractivity contribution in [1.29, 1.82) is 0 Å². The van der Waals surface area contributed by atoms with E-state index >= 15 is 0 Å². The molecule has 4 heteroatoms. The summed E-state index contributed by atoms with van der Waals surface area (Å²) < 4.78 is 26.3. The van der Waals surface area contributed by atoms with Crippen LogP contribution in [-0.2, 0) is 0 Å². The minimum Gasteiger partial charge on any atom is -0.320 e. The van der Waals surface area contributed by atoms with Crippen LogP contribution < -0.4 is 5.73 Å². The first-order valence-corrected chi connectivity index (χ1v) is 4.36. The number of rotatable bonds is 2. The topological polar surface area (TPSA) is 26.0 Å². The van der Waals surface area contributed by atoms with Gasteiger partial charge in [-0.1, -0.05) is 23.8 Å². The largest absolute Gasteiger partial charge is 0.320 e. The maximum Gasteiger partial charge on any atom is 0.142 e. The molecule has 0 fully saturated rings. The minimum absolute atomic E-state index is 0.0689. The van der Waals surface area contributed by atoms with E-state index in [0.29, 0.717) is 5.57 Å². The number of nitrogens with two attached hydrogens (primary N) is 1. The Hall–Kier alpha value is -0.930. The van der Waals surface area contributed by atoms with E-state index in [4.69, 9.17) is 17.3 Å². The number of hydrogen-bond acceptors (Lipinski definition) is 1. The summed E-state index contributed by atoms with van der Waals surface area (Å²) in [7, 11) is 0. The molecule has 0 aliphatic carbocycles. The fourth-order valence-electron chi connectivity index (χ4n) is 1.04. The van der Waals surface area contributed by atoms with Crippen molar-refractivity contribution in [3.05, 3.63) is 46.5 Å². The summed E-state index contributed by atoms with van der Waals surface area (Å²) in [6.07, 6.45) is 0. The van der Waals surface area contributed by atoms with Crippen LogP contribution in [0.25, 0.3) is 0 Å². The van der Waals surface area contributed by atoms with Gasteiger partial charge < -0.3 is 5.73 Å². The quantitative estimate of drug-likeness (QED) is 0.598. The third-order valence-corrected chi connectivity index (χ3v) is 2.20. The third-order valence-electron chi connectivity index (χ3n) is 1.91. The van der Waals surface area contributed by atoms with E-state index in [2.05, 4.69) is 6.58 Å². The van der Waals surface area contributed by atoms with Crippen LogP contribution in [0, 0.1) is 11.6 Å². The maximum absolute atomic E-state index is 13.3. The lowest BCUT2D eigenvalue weighted by Gasteiger charge is -2.13. The van der Waals surface area contributed by atoms with Crippen molar-refractivity contribution in [1.82, 2.24) is 0 Å². The van der Waals surface area contributed by atoms with Crippen LogP contribution in [0.1, 0.15) is 18.5 Å². The van der Waals surface area contributed by atoms with Gasteiger partial charge in [0.25, 0.3) is 0 Å². The minimum atomic E-state index is -0.707. The van der Waals surface area contributed by atoms with Crippen LogP contribution in [-0.4, -0.2) is 0 Å². The molecular weight excluding hydrogens is 208 g/mol. The van der Waals surface area contributed by atoms with E-state index < -0.39 is 17.7 Å². The summed E-state index contributed by atoms with van der Waals surface area (Å²) in [6.45, 7) is 5.23. The molecule has 1 atom stereocenters. The van der Waals surface area contributed by atoms with E-state index in [0.717, 1.165) is 12.1 Å². The van der Waals surface area contributed by atoms with Gasteiger partial charge in [0.2, 0.25) is 0 Å². The predicted molar refractivity (Wildman–Crippen MR) is 53.1 cm³/mol. The van der Waals surface area contributed by atoms with E-state index in [1.54, 1.807) is 6.92 Å². The number of benzene rings is 1. The molecule has 76 valence electrons. The predicted octanol–water partition coefficient (Wildman–Crippen LogP) is 3.19. The molecule has 1 aromatic rings. The van der Waals surface area contributed by atoms with Crippen molar-refractivity contribution in [2.75, 3.05) is 0 Å². The third kappa shape index (κ3) is 2.11. The summed E-state index contributed by atoms with van der Waals surface area (Å²) in [4.78, 5) is 0. The maximum atomic E-state index is 13.3. The second kappa shape index (κ2) is 4.07. The number of halogens is 3. The highest BCUT2D eigenvalue weighted by Crippen LogP contribution is 2.25. The summed E-state index contributed by atoms with van der Waals surface area (Å²) in [5, 5.41) is -0.250. The molecule has 0 spiro atoms. The van der Waals surface area contributed by atoms with E-state index in [1.165, 1.54) is 0 Å². The monoisotopic (exact) mass is 217 g/mol. The van der Waals surface area contributed by atoms with Crippen LogP contribution in [0.4, 0.5) is 8.78 Å². The fraction of sp³-hybridized carbons (Fsp3) is 0.200. The van der Waals surface area contributed by atoms with E-state index in [1.807, 2.05) is 0 Å². The number of hydrogen-bond donors (Lipinski definition) is 1. The normalized spacial score (nSPS) is 12.6. The first-order chi connectivity index (χ1) is 6.43. The van der Waals surface area contributed by atoms with Crippen LogP contribution in [0.15, 0.2) is 24.3 Å². The average molecular weight is 218 g/mol. The smallest absolute Gasteiger partial charge is 0.142 e. The molecule has 0 aliphatic heterocycles. The van der Waals surface area contributed by atoms with Crippen molar-refractivity contribution >= 4 is 11.6 Å². The molecule has 0 amide bonds. The molecule has 0 bridgehead atoms. The lowest BCUT2D eigenvalue weighted by atomic mass is 10.0. The Balaban J connectivity index is 3.22. The summed E-state index contributed by atoms with van der Waals surface area (Å²) in [5.41, 5.74) is 6.24. The van der Waals surface area contributed by atoms with E-state index in [-0.39, 0.29) is 10.6 Å². The first-order valence-electron chi connectivity index (χ1n) is 3.99. The average Bonchev–Trinajstić information content (AvgIpc) is 2.10. The van der Waals surface area contributed by atoms with Gasteiger partial charge in [-0.15, -0.1) is 0 Å². The van der Waals surface area contributed by atoms with Crippen LogP contribution in [0.5, 0.6) is 0 Å². The van der Waals surface area contributed by atoms with Crippen molar-refractivity contribution in [2.24, 2.45) is 5.73 Å². The Morgan fingerprint density at radius 1 is 1.43 bits per heavy atom. The summed E-state index contributed by atoms with van der Waals surface area (Å²) in [6, 6.07) is 1.20. The second-order valence-electron chi connectivity index (χ2n) is 3.11. The molecule has 0 aromatic heterocycles. The lowest BCUT2D eigenvalue weighted by molar-refractivity contribution is 0.576. The van der Waals surface area contributed by atoms with Gasteiger partial charge in [0.1, 0.15) is 11.6 Å². The Morgan fingerprint density at radius 2 is 2.00 bits per heavy atom. The zero-order valence-electron chi connectivity index (χ0n) is 7.65. The van der Waals surface area contributed by atoms with Gasteiger partial charge in [-0.25, -0.2) is 8.78 Å². The summed E-state index contributed by atoms with van der Waals surface area (Å²) >= 11 is 5.39. The van der Waals surface area contributed by atoms with E-state index in [9.17, 15) is 8.78 Å². The molecule has 0 saturated heterocycles. The van der Waals surface area contributed by atoms with Gasteiger partial charge in [-0.05, 0) is 19.1 Å². The second-order valence-corrected chi connectivity index (χ2v) is 3.52. The Labute approximate surface area is 86.2 Å². The SMILES string of the molecule is C=C(C)C(N)c1cc(F)c(Cl)cc1F. The van der Waals surface area contributed by atoms with Crippen molar-refractivity contribution < 1.29 is 8.78 Å². The molecule has 0 radical (unpaired) electrons. The molecule has 0 heterocycles. The van der Waals surface area contributed by atoms with Gasteiger partial charge in [0, 0.05) is 5.56 Å². The van der Waals surface area contributed by atoms with Gasteiger partial charge in [-0.3, -0.25) is 0 Å².